The summed E-state index contributed by atoms with van der Waals surface area (Å²) in [6.07, 6.45) is 7.22. The Morgan fingerprint density at radius 2 is 1.08 bits per heavy atom. The van der Waals surface area contributed by atoms with Crippen LogP contribution in [0.4, 0.5) is 0 Å². The predicted molar refractivity (Wildman–Crippen MR) is 119 cm³/mol. The molecule has 0 aliphatic heterocycles. The highest BCUT2D eigenvalue weighted by Crippen LogP contribution is 1.75. The first-order chi connectivity index (χ1) is 11.7. The number of carbonyl (C=O) groups excluding carboxylic acids is 2. The number of ketones is 1. The number of rotatable bonds is 2. The van der Waals surface area contributed by atoms with E-state index in [2.05, 4.69) is 18.6 Å². The number of thioether (sulfide) groups is 1. The molecule has 0 bridgehead atoms. The van der Waals surface area contributed by atoms with Crippen LogP contribution in [0.5, 0.6) is 0 Å². The van der Waals surface area contributed by atoms with Gasteiger partial charge in [0, 0.05) is 25.4 Å². The van der Waals surface area contributed by atoms with E-state index in [0.717, 1.165) is 0 Å². The van der Waals surface area contributed by atoms with Gasteiger partial charge in [-0.05, 0) is 40.6 Å². The highest BCUT2D eigenvalue weighted by Gasteiger charge is 1.90. The van der Waals surface area contributed by atoms with Crippen molar-refractivity contribution in [3.05, 3.63) is 0 Å². The van der Waals surface area contributed by atoms with Crippen molar-refractivity contribution in [1.29, 1.82) is 0 Å². The Hall–Kier alpha value is -0.600. The molecule has 0 spiro atoms. The third kappa shape index (κ3) is 287. The molecular weight excluding hydrogens is 374 g/mol. The van der Waals surface area contributed by atoms with Crippen molar-refractivity contribution in [2.24, 2.45) is 0 Å². The number of Topliss-reactive ketones (excluding diaryl/α,β-unsaturated/α-hetero) is 1. The first-order valence-electron chi connectivity index (χ1n) is 8.39. The van der Waals surface area contributed by atoms with Gasteiger partial charge in [0.25, 0.3) is 0 Å². The van der Waals surface area contributed by atoms with Gasteiger partial charge < -0.3 is 14.4 Å². The molecule has 0 heterocycles. The van der Waals surface area contributed by atoms with Crippen LogP contribution in [0.2, 0.25) is 0 Å². The summed E-state index contributed by atoms with van der Waals surface area (Å²) in [5, 5.41) is 0. The number of carbonyl (C=O) groups is 2. The Balaban J connectivity index is -0.0000000471. The van der Waals surface area contributed by atoms with Crippen LogP contribution in [-0.2, 0) is 24.2 Å². The molecule has 0 fully saturated rings. The molecular formula is C18H45NO5S2. The van der Waals surface area contributed by atoms with E-state index in [9.17, 15) is 18.0 Å². The second-order valence-corrected chi connectivity index (χ2v) is 8.67. The van der Waals surface area contributed by atoms with Gasteiger partial charge in [0.15, 0.2) is 0 Å². The largest absolute Gasteiger partial charge is 0.469 e. The molecule has 0 unspecified atom stereocenters. The van der Waals surface area contributed by atoms with E-state index in [1.807, 2.05) is 45.5 Å². The average Bonchev–Trinajstić information content (AvgIpc) is 2.48. The fraction of sp³-hybridized carbons (Fsp3) is 0.889. The standard InChI is InChI=1S/C4H8O.C3H9N.C3H8O2S.C3H6O2.C3H8.C2H6S/c1-3-4(2)5;1-4(2)3;1-3-6(2,4)5;1-3(4)5-2;2*1-3-2/h3H2,1-2H3;1-3H3;3H2,1-2H3;1-2H3;3H2,1-2H3;1-2H3. The number of hydrogen-bond acceptors (Lipinski definition) is 7. The maximum absolute atomic E-state index is 10.0. The topological polar surface area (TPSA) is 80.8 Å². The summed E-state index contributed by atoms with van der Waals surface area (Å²) in [6, 6.07) is 0. The van der Waals surface area contributed by atoms with Gasteiger partial charge in [0.05, 0.1) is 7.11 Å². The first kappa shape index (κ1) is 40.2. The van der Waals surface area contributed by atoms with Gasteiger partial charge in [-0.2, -0.15) is 11.8 Å². The molecule has 0 aliphatic carbocycles. The Kier molecular flexibility index (Phi) is 54.9. The summed E-state index contributed by atoms with van der Waals surface area (Å²) in [6.45, 7) is 10.7. The minimum absolute atomic E-state index is 0.243. The lowest BCUT2D eigenvalue weighted by Gasteiger charge is -1.90. The summed E-state index contributed by atoms with van der Waals surface area (Å²) in [4.78, 5) is 21.4. The lowest BCUT2D eigenvalue weighted by atomic mass is 10.4. The second-order valence-electron chi connectivity index (χ2n) is 5.42. The fourth-order valence-electron chi connectivity index (χ4n) is 0. The van der Waals surface area contributed by atoms with Crippen molar-refractivity contribution >= 4 is 33.4 Å². The van der Waals surface area contributed by atoms with Crippen molar-refractivity contribution < 1.29 is 22.7 Å². The van der Waals surface area contributed by atoms with Crippen molar-refractivity contribution in [1.82, 2.24) is 4.90 Å². The Labute approximate surface area is 168 Å². The number of ether oxygens (including phenoxy) is 1. The van der Waals surface area contributed by atoms with E-state index in [1.165, 1.54) is 26.7 Å². The Bertz CT molecular complexity index is 338. The van der Waals surface area contributed by atoms with Crippen LogP contribution < -0.4 is 0 Å². The number of sulfone groups is 1. The summed E-state index contributed by atoms with van der Waals surface area (Å²) in [7, 11) is 4.69. The zero-order chi connectivity index (χ0) is 22.8. The highest BCUT2D eigenvalue weighted by atomic mass is 32.2. The highest BCUT2D eigenvalue weighted by molar-refractivity contribution is 7.97. The zero-order valence-electron chi connectivity index (χ0n) is 19.4. The molecule has 0 atom stereocenters. The molecule has 0 saturated carbocycles. The smallest absolute Gasteiger partial charge is 0.302 e. The van der Waals surface area contributed by atoms with Crippen molar-refractivity contribution in [2.45, 2.75) is 54.4 Å². The maximum Gasteiger partial charge on any atom is 0.302 e. The zero-order valence-corrected chi connectivity index (χ0v) is 21.1. The molecule has 0 aromatic carbocycles. The van der Waals surface area contributed by atoms with Crippen molar-refractivity contribution in [2.75, 3.05) is 52.8 Å². The van der Waals surface area contributed by atoms with Gasteiger partial charge >= 0.3 is 5.97 Å². The summed E-state index contributed by atoms with van der Waals surface area (Å²) in [5.74, 6) is 0.252. The minimum Gasteiger partial charge on any atom is -0.469 e. The van der Waals surface area contributed by atoms with Gasteiger partial charge in [-0.1, -0.05) is 34.1 Å². The monoisotopic (exact) mass is 419 g/mol. The van der Waals surface area contributed by atoms with E-state index >= 15 is 0 Å². The van der Waals surface area contributed by atoms with Crippen LogP contribution in [-0.4, -0.2) is 77.8 Å². The van der Waals surface area contributed by atoms with Crippen LogP contribution >= 0.6 is 11.8 Å². The third-order valence-corrected chi connectivity index (χ3v) is 2.36. The molecule has 0 radical (unpaired) electrons. The number of nitrogens with zero attached hydrogens (tertiary/aromatic N) is 1. The molecule has 0 aromatic heterocycles. The van der Waals surface area contributed by atoms with Crippen LogP contribution in [0.3, 0.4) is 0 Å². The van der Waals surface area contributed by atoms with Crippen molar-refractivity contribution in [3.8, 4) is 0 Å². The molecule has 8 heteroatoms. The average molecular weight is 420 g/mol. The molecule has 0 amide bonds. The Morgan fingerprint density at radius 3 is 1.08 bits per heavy atom. The van der Waals surface area contributed by atoms with Gasteiger partial charge in [-0.25, -0.2) is 8.42 Å². The van der Waals surface area contributed by atoms with E-state index in [0.29, 0.717) is 6.42 Å². The molecule has 0 N–H and O–H groups in total. The van der Waals surface area contributed by atoms with E-state index in [1.54, 1.807) is 25.6 Å². The van der Waals surface area contributed by atoms with Gasteiger partial charge in [0.1, 0.15) is 15.6 Å². The van der Waals surface area contributed by atoms with Crippen molar-refractivity contribution in [3.63, 3.8) is 0 Å². The van der Waals surface area contributed by atoms with E-state index in [-0.39, 0.29) is 17.5 Å². The molecule has 0 aromatic rings. The molecule has 26 heavy (non-hydrogen) atoms. The third-order valence-electron chi connectivity index (χ3n) is 1.31. The first-order valence-corrected chi connectivity index (χ1v) is 12.1. The summed E-state index contributed by atoms with van der Waals surface area (Å²) in [5.41, 5.74) is 0. The molecule has 0 aliphatic rings. The van der Waals surface area contributed by atoms with E-state index < -0.39 is 9.84 Å². The van der Waals surface area contributed by atoms with Crippen LogP contribution in [0, 0.1) is 0 Å². The predicted octanol–water partition coefficient (Wildman–Crippen LogP) is 3.79. The van der Waals surface area contributed by atoms with Gasteiger partial charge in [-0.15, -0.1) is 0 Å². The fourth-order valence-corrected chi connectivity index (χ4v) is 0. The lowest BCUT2D eigenvalue weighted by Crippen LogP contribution is -1.99. The Morgan fingerprint density at radius 1 is 0.962 bits per heavy atom. The van der Waals surface area contributed by atoms with Gasteiger partial charge in [0.2, 0.25) is 0 Å². The van der Waals surface area contributed by atoms with E-state index in [4.69, 9.17) is 0 Å². The summed E-state index contributed by atoms with van der Waals surface area (Å²) >= 11 is 1.75. The quantitative estimate of drug-likeness (QED) is 0.630. The molecule has 6 nitrogen and oxygen atoms in total. The molecule has 0 rings (SSSR count). The van der Waals surface area contributed by atoms with Crippen LogP contribution in [0.15, 0.2) is 0 Å². The van der Waals surface area contributed by atoms with Gasteiger partial charge in [-0.3, -0.25) is 4.79 Å². The summed E-state index contributed by atoms with van der Waals surface area (Å²) < 4.78 is 24.1. The minimum atomic E-state index is -2.66. The number of hydrogen-bond donors (Lipinski definition) is 0. The maximum atomic E-state index is 10.0. The van der Waals surface area contributed by atoms with Crippen LogP contribution in [0.25, 0.3) is 0 Å². The van der Waals surface area contributed by atoms with Crippen LogP contribution in [0.1, 0.15) is 54.4 Å². The number of methoxy groups -OCH3 is 1. The lowest BCUT2D eigenvalue weighted by molar-refractivity contribution is -0.137. The SMILES string of the molecule is CCC.CCC(C)=O.CCS(C)(=O)=O.CN(C)C.COC(C)=O.CSC. The number of esters is 1. The molecule has 0 saturated heterocycles. The second kappa shape index (κ2) is 35.5. The normalized spacial score (nSPS) is 8.23. The molecule has 164 valence electrons.